The minimum Gasteiger partial charge on any atom is -0.494 e. The molecule has 0 aromatic heterocycles. The highest BCUT2D eigenvalue weighted by Gasteiger charge is 2.15. The van der Waals surface area contributed by atoms with E-state index in [0.29, 0.717) is 35.0 Å². The molecule has 9 heteroatoms. The Morgan fingerprint density at radius 1 is 1.00 bits per heavy atom. The normalized spacial score (nSPS) is 11.5. The molecule has 3 aromatic carbocycles. The molecule has 182 valence electrons. The molecule has 8 nitrogen and oxygen atoms in total. The van der Waals surface area contributed by atoms with Gasteiger partial charge in [0.1, 0.15) is 11.5 Å². The van der Waals surface area contributed by atoms with Crippen molar-refractivity contribution < 1.29 is 28.5 Å². The summed E-state index contributed by atoms with van der Waals surface area (Å²) in [5.74, 6) is 0.902. The van der Waals surface area contributed by atoms with Gasteiger partial charge in [-0.15, -0.1) is 0 Å². The number of nitrogens with zero attached hydrogens (tertiary/aromatic N) is 1. The summed E-state index contributed by atoms with van der Waals surface area (Å²) in [6, 6.07) is 18.7. The quantitative estimate of drug-likeness (QED) is 0.168. The van der Waals surface area contributed by atoms with Gasteiger partial charge in [-0.2, -0.15) is 5.10 Å². The van der Waals surface area contributed by atoms with Crippen LogP contribution in [0.3, 0.4) is 0 Å². The van der Waals surface area contributed by atoms with Crippen molar-refractivity contribution in [3.05, 3.63) is 82.3 Å². The van der Waals surface area contributed by atoms with Gasteiger partial charge in [0.15, 0.2) is 17.6 Å². The van der Waals surface area contributed by atoms with Crippen molar-refractivity contribution in [2.45, 2.75) is 20.0 Å². The first-order chi connectivity index (χ1) is 16.9. The predicted octanol–water partition coefficient (Wildman–Crippen LogP) is 4.99. The number of carbonyl (C=O) groups excluding carboxylic acids is 2. The van der Waals surface area contributed by atoms with E-state index in [4.69, 9.17) is 18.9 Å². The van der Waals surface area contributed by atoms with Crippen LogP contribution in [0.5, 0.6) is 23.0 Å². The molecule has 1 N–H and O–H groups in total. The number of halogens is 1. The third-order valence-electron chi connectivity index (χ3n) is 4.68. The maximum absolute atomic E-state index is 12.5. The van der Waals surface area contributed by atoms with Crippen molar-refractivity contribution in [1.29, 1.82) is 0 Å². The molecule has 1 unspecified atom stereocenters. The number of nitrogens with one attached hydrogen (secondary N) is 1. The minimum atomic E-state index is -0.743. The Bertz CT molecular complexity index is 1180. The summed E-state index contributed by atoms with van der Waals surface area (Å²) < 4.78 is 22.7. The van der Waals surface area contributed by atoms with Gasteiger partial charge in [-0.05, 0) is 86.1 Å². The zero-order chi connectivity index (χ0) is 25.2. The monoisotopic (exact) mass is 540 g/mol. The van der Waals surface area contributed by atoms with E-state index in [0.717, 1.165) is 4.47 Å². The van der Waals surface area contributed by atoms with Crippen molar-refractivity contribution in [1.82, 2.24) is 5.43 Å². The van der Waals surface area contributed by atoms with Crippen molar-refractivity contribution in [2.24, 2.45) is 5.10 Å². The zero-order valence-corrected chi connectivity index (χ0v) is 21.1. The van der Waals surface area contributed by atoms with E-state index in [1.807, 2.05) is 19.1 Å². The first-order valence-electron chi connectivity index (χ1n) is 10.8. The average molecular weight is 541 g/mol. The summed E-state index contributed by atoms with van der Waals surface area (Å²) in [6.07, 6.45) is 0.706. The molecule has 35 heavy (non-hydrogen) atoms. The van der Waals surface area contributed by atoms with E-state index in [1.54, 1.807) is 61.5 Å². The van der Waals surface area contributed by atoms with E-state index in [9.17, 15) is 9.59 Å². The Morgan fingerprint density at radius 2 is 1.69 bits per heavy atom. The Kier molecular flexibility index (Phi) is 9.25. The standard InChI is InChI=1S/C26H25BrN2O6/c1-4-33-21-10-6-19(7-11-21)26(31)35-23-14-5-18(15-24(23)32-3)16-28-29-25(30)17(2)34-22-12-8-20(27)9-13-22/h5-17H,4H2,1-3H3,(H,29,30)/b28-16+. The molecule has 0 fully saturated rings. The largest absolute Gasteiger partial charge is 0.494 e. The fourth-order valence-electron chi connectivity index (χ4n) is 2.89. The first kappa shape index (κ1) is 25.8. The van der Waals surface area contributed by atoms with Gasteiger partial charge in [-0.25, -0.2) is 10.2 Å². The summed E-state index contributed by atoms with van der Waals surface area (Å²) in [7, 11) is 1.47. The lowest BCUT2D eigenvalue weighted by Crippen LogP contribution is -2.33. The molecule has 0 spiro atoms. The molecule has 0 saturated carbocycles. The number of hydrazone groups is 1. The number of ether oxygens (including phenoxy) is 4. The van der Waals surface area contributed by atoms with Crippen LogP contribution in [0, 0.1) is 0 Å². The number of hydrogen-bond acceptors (Lipinski definition) is 7. The molecule has 0 radical (unpaired) electrons. The van der Waals surface area contributed by atoms with E-state index in [-0.39, 0.29) is 5.75 Å². The average Bonchev–Trinajstić information content (AvgIpc) is 2.86. The summed E-state index contributed by atoms with van der Waals surface area (Å²) in [5.41, 5.74) is 3.45. The van der Waals surface area contributed by atoms with Gasteiger partial charge in [0.05, 0.1) is 25.5 Å². The van der Waals surface area contributed by atoms with E-state index in [2.05, 4.69) is 26.5 Å². The molecule has 3 aromatic rings. The van der Waals surface area contributed by atoms with Gasteiger partial charge in [-0.3, -0.25) is 4.79 Å². The number of amides is 1. The number of hydrogen-bond donors (Lipinski definition) is 1. The highest BCUT2D eigenvalue weighted by atomic mass is 79.9. The molecule has 1 amide bonds. The summed E-state index contributed by atoms with van der Waals surface area (Å²) in [5, 5.41) is 3.97. The predicted molar refractivity (Wildman–Crippen MR) is 136 cm³/mol. The number of benzene rings is 3. The third-order valence-corrected chi connectivity index (χ3v) is 5.20. The SMILES string of the molecule is CCOc1ccc(C(=O)Oc2ccc(/C=N/NC(=O)C(C)Oc3ccc(Br)cc3)cc2OC)cc1. The molecule has 0 aliphatic carbocycles. The number of esters is 1. The maximum Gasteiger partial charge on any atom is 0.343 e. The lowest BCUT2D eigenvalue weighted by Gasteiger charge is -2.13. The molecular weight excluding hydrogens is 516 g/mol. The molecule has 3 rings (SSSR count). The van der Waals surface area contributed by atoms with Crippen LogP contribution < -0.4 is 24.4 Å². The van der Waals surface area contributed by atoms with Gasteiger partial charge >= 0.3 is 5.97 Å². The van der Waals surface area contributed by atoms with E-state index < -0.39 is 18.0 Å². The van der Waals surface area contributed by atoms with Crippen LogP contribution in [-0.4, -0.2) is 37.9 Å². The Morgan fingerprint density at radius 3 is 2.34 bits per heavy atom. The molecule has 1 atom stereocenters. The molecule has 0 aliphatic heterocycles. The molecule has 0 aliphatic rings. The number of rotatable bonds is 10. The van der Waals surface area contributed by atoms with Crippen LogP contribution >= 0.6 is 15.9 Å². The van der Waals surface area contributed by atoms with Crippen molar-refractivity contribution >= 4 is 34.0 Å². The van der Waals surface area contributed by atoms with E-state index >= 15 is 0 Å². The highest BCUT2D eigenvalue weighted by molar-refractivity contribution is 9.10. The van der Waals surface area contributed by atoms with Gasteiger partial charge in [0.2, 0.25) is 0 Å². The minimum absolute atomic E-state index is 0.254. The Hall–Kier alpha value is -3.85. The fraction of sp³-hybridized carbons (Fsp3) is 0.192. The topological polar surface area (TPSA) is 95.5 Å². The first-order valence-corrected chi connectivity index (χ1v) is 11.6. The van der Waals surface area contributed by atoms with Gasteiger partial charge in [0.25, 0.3) is 5.91 Å². The smallest absolute Gasteiger partial charge is 0.343 e. The summed E-state index contributed by atoms with van der Waals surface area (Å²) >= 11 is 3.35. The highest BCUT2D eigenvalue weighted by Crippen LogP contribution is 2.28. The van der Waals surface area contributed by atoms with Gasteiger partial charge < -0.3 is 18.9 Å². The van der Waals surface area contributed by atoms with Crippen LogP contribution in [0.1, 0.15) is 29.8 Å². The second kappa shape index (κ2) is 12.6. The maximum atomic E-state index is 12.5. The van der Waals surface area contributed by atoms with Crippen molar-refractivity contribution in [3.8, 4) is 23.0 Å². The third kappa shape index (κ3) is 7.58. The second-order valence-corrected chi connectivity index (χ2v) is 8.12. The van der Waals surface area contributed by atoms with Crippen molar-refractivity contribution in [3.63, 3.8) is 0 Å². The van der Waals surface area contributed by atoms with Crippen LogP contribution in [0.4, 0.5) is 0 Å². The number of carbonyl (C=O) groups is 2. The van der Waals surface area contributed by atoms with Crippen LogP contribution in [-0.2, 0) is 4.79 Å². The van der Waals surface area contributed by atoms with Crippen LogP contribution in [0.2, 0.25) is 0 Å². The van der Waals surface area contributed by atoms with Gasteiger partial charge in [-0.1, -0.05) is 15.9 Å². The summed E-state index contributed by atoms with van der Waals surface area (Å²) in [4.78, 5) is 24.7. The summed E-state index contributed by atoms with van der Waals surface area (Å²) in [6.45, 7) is 4.06. The lowest BCUT2D eigenvalue weighted by atomic mass is 10.2. The second-order valence-electron chi connectivity index (χ2n) is 7.21. The number of methoxy groups -OCH3 is 1. The van der Waals surface area contributed by atoms with Crippen molar-refractivity contribution in [2.75, 3.05) is 13.7 Å². The Balaban J connectivity index is 1.58. The lowest BCUT2D eigenvalue weighted by molar-refractivity contribution is -0.127. The fourth-order valence-corrected chi connectivity index (χ4v) is 3.16. The van der Waals surface area contributed by atoms with Crippen LogP contribution in [0.25, 0.3) is 0 Å². The van der Waals surface area contributed by atoms with Gasteiger partial charge in [0, 0.05) is 4.47 Å². The van der Waals surface area contributed by atoms with E-state index in [1.165, 1.54) is 13.3 Å². The zero-order valence-electron chi connectivity index (χ0n) is 19.5. The molecule has 0 heterocycles. The molecule has 0 bridgehead atoms. The molecule has 0 saturated heterocycles. The molecular formula is C26H25BrN2O6. The Labute approximate surface area is 212 Å². The van der Waals surface area contributed by atoms with Crippen LogP contribution in [0.15, 0.2) is 76.3 Å².